The number of unbranched alkanes of at least 4 members (excludes halogenated alkanes) is 2. The number of hydrogen-bond acceptors (Lipinski definition) is 2. The minimum atomic E-state index is -0.137. The molecule has 18 heavy (non-hydrogen) atoms. The molecule has 1 amide bonds. The quantitative estimate of drug-likeness (QED) is 0.676. The second-order valence-electron chi connectivity index (χ2n) is 6.31. The third kappa shape index (κ3) is 9.20. The Morgan fingerprint density at radius 3 is 2.22 bits per heavy atom. The van der Waals surface area contributed by atoms with Gasteiger partial charge in [-0.3, -0.25) is 9.59 Å². The summed E-state index contributed by atoms with van der Waals surface area (Å²) in [4.78, 5) is 22.0. The smallest absolute Gasteiger partial charge is 0.217 e. The minimum absolute atomic E-state index is 0.133. The summed E-state index contributed by atoms with van der Waals surface area (Å²) in [7, 11) is 0. The van der Waals surface area contributed by atoms with Gasteiger partial charge in [-0.05, 0) is 17.8 Å². The number of amides is 1. The molecule has 0 fully saturated rings. The zero-order valence-electron chi connectivity index (χ0n) is 12.6. The third-order valence-electron chi connectivity index (χ3n) is 3.61. The Balaban J connectivity index is 3.51. The summed E-state index contributed by atoms with van der Waals surface area (Å²) in [6.45, 7) is 10.7. The molecule has 0 aromatic heterocycles. The van der Waals surface area contributed by atoms with E-state index in [-0.39, 0.29) is 18.2 Å². The highest BCUT2D eigenvalue weighted by molar-refractivity contribution is 5.85. The Kier molecular flexibility index (Phi) is 7.88. The van der Waals surface area contributed by atoms with Crippen LogP contribution in [0.25, 0.3) is 0 Å². The molecule has 106 valence electrons. The Morgan fingerprint density at radius 2 is 1.72 bits per heavy atom. The minimum Gasteiger partial charge on any atom is -0.349 e. The van der Waals surface area contributed by atoms with E-state index in [0.29, 0.717) is 17.8 Å². The molecule has 1 unspecified atom stereocenters. The Morgan fingerprint density at radius 1 is 1.11 bits per heavy atom. The first-order valence-electron chi connectivity index (χ1n) is 6.99. The van der Waals surface area contributed by atoms with Gasteiger partial charge in [0.25, 0.3) is 0 Å². The van der Waals surface area contributed by atoms with Crippen molar-refractivity contribution in [3.05, 3.63) is 0 Å². The predicted molar refractivity (Wildman–Crippen MR) is 75.4 cm³/mol. The lowest BCUT2D eigenvalue weighted by atomic mass is 9.79. The Labute approximate surface area is 112 Å². The first-order chi connectivity index (χ1) is 8.23. The van der Waals surface area contributed by atoms with Gasteiger partial charge in [0.05, 0.1) is 6.54 Å². The van der Waals surface area contributed by atoms with E-state index in [1.54, 1.807) is 0 Å². The molecule has 0 bridgehead atoms. The van der Waals surface area contributed by atoms with Gasteiger partial charge in [-0.25, -0.2) is 0 Å². The van der Waals surface area contributed by atoms with E-state index in [1.165, 1.54) is 19.8 Å². The zero-order valence-corrected chi connectivity index (χ0v) is 12.6. The van der Waals surface area contributed by atoms with E-state index in [1.807, 2.05) is 0 Å². The van der Waals surface area contributed by atoms with Gasteiger partial charge < -0.3 is 5.32 Å². The van der Waals surface area contributed by atoms with Crippen molar-refractivity contribution >= 4 is 11.7 Å². The van der Waals surface area contributed by atoms with Crippen LogP contribution in [0.5, 0.6) is 0 Å². The summed E-state index contributed by atoms with van der Waals surface area (Å²) in [5.41, 5.74) is 0.376. The van der Waals surface area contributed by atoms with E-state index in [2.05, 4.69) is 33.0 Å². The summed E-state index contributed by atoms with van der Waals surface area (Å²) >= 11 is 0. The van der Waals surface area contributed by atoms with Crippen LogP contribution in [0, 0.1) is 11.3 Å². The van der Waals surface area contributed by atoms with E-state index in [0.717, 1.165) is 12.8 Å². The van der Waals surface area contributed by atoms with Crippen LogP contribution in [-0.2, 0) is 9.59 Å². The number of rotatable bonds is 8. The Bertz CT molecular complexity index is 266. The fourth-order valence-corrected chi connectivity index (χ4v) is 1.69. The molecule has 1 N–H and O–H groups in total. The van der Waals surface area contributed by atoms with Crippen LogP contribution in [-0.4, -0.2) is 18.2 Å². The number of ketones is 1. The summed E-state index contributed by atoms with van der Waals surface area (Å²) < 4.78 is 0. The topological polar surface area (TPSA) is 46.2 Å². The van der Waals surface area contributed by atoms with Crippen molar-refractivity contribution in [1.82, 2.24) is 5.32 Å². The van der Waals surface area contributed by atoms with Crippen molar-refractivity contribution in [3.63, 3.8) is 0 Å². The van der Waals surface area contributed by atoms with Gasteiger partial charge in [0.1, 0.15) is 0 Å². The molecule has 0 saturated carbocycles. The summed E-state index contributed by atoms with van der Waals surface area (Å²) in [6, 6.07) is 0. The molecule has 0 aromatic rings. The highest BCUT2D eigenvalue weighted by Gasteiger charge is 2.18. The number of Topliss-reactive ketones (excluding diaryl/α,β-unsaturated/α-hetero) is 1. The SMILES string of the molecule is CC(=O)NCC(=O)CCCCCC(C)C(C)(C)C. The number of nitrogens with one attached hydrogen (secondary N) is 1. The summed E-state index contributed by atoms with van der Waals surface area (Å²) in [5.74, 6) is 0.712. The lowest BCUT2D eigenvalue weighted by Crippen LogP contribution is -2.26. The average Bonchev–Trinajstić information content (AvgIpc) is 2.24. The van der Waals surface area contributed by atoms with Crippen molar-refractivity contribution < 1.29 is 9.59 Å². The highest BCUT2D eigenvalue weighted by Crippen LogP contribution is 2.29. The zero-order chi connectivity index (χ0) is 14.2. The molecule has 0 aromatic carbocycles. The molecular weight excluding hydrogens is 226 g/mol. The number of carbonyl (C=O) groups excluding carboxylic acids is 2. The summed E-state index contributed by atoms with van der Waals surface area (Å²) in [6.07, 6.45) is 5.04. The van der Waals surface area contributed by atoms with Crippen LogP contribution in [0.15, 0.2) is 0 Å². The fraction of sp³-hybridized carbons (Fsp3) is 0.867. The van der Waals surface area contributed by atoms with Gasteiger partial charge in [-0.1, -0.05) is 47.0 Å². The van der Waals surface area contributed by atoms with E-state index in [4.69, 9.17) is 0 Å². The van der Waals surface area contributed by atoms with Crippen molar-refractivity contribution in [3.8, 4) is 0 Å². The van der Waals surface area contributed by atoms with Crippen molar-refractivity contribution in [2.45, 2.75) is 66.7 Å². The van der Waals surface area contributed by atoms with Crippen LogP contribution in [0.1, 0.15) is 66.7 Å². The molecule has 3 nitrogen and oxygen atoms in total. The summed E-state index contributed by atoms with van der Waals surface area (Å²) in [5, 5.41) is 2.54. The molecule has 0 aliphatic heterocycles. The van der Waals surface area contributed by atoms with E-state index in [9.17, 15) is 9.59 Å². The average molecular weight is 255 g/mol. The van der Waals surface area contributed by atoms with Crippen molar-refractivity contribution in [2.24, 2.45) is 11.3 Å². The van der Waals surface area contributed by atoms with Crippen LogP contribution in [0.2, 0.25) is 0 Å². The molecule has 0 saturated heterocycles. The van der Waals surface area contributed by atoms with E-state index < -0.39 is 0 Å². The normalized spacial score (nSPS) is 13.2. The van der Waals surface area contributed by atoms with Crippen LogP contribution < -0.4 is 5.32 Å². The van der Waals surface area contributed by atoms with Gasteiger partial charge >= 0.3 is 0 Å². The maximum absolute atomic E-state index is 11.4. The largest absolute Gasteiger partial charge is 0.349 e. The lowest BCUT2D eigenvalue weighted by molar-refractivity contribution is -0.123. The van der Waals surface area contributed by atoms with Gasteiger partial charge in [-0.2, -0.15) is 0 Å². The number of hydrogen-bond donors (Lipinski definition) is 1. The van der Waals surface area contributed by atoms with Gasteiger partial charge in [0.15, 0.2) is 5.78 Å². The predicted octanol–water partition coefficient (Wildman–Crippen LogP) is 3.32. The second kappa shape index (κ2) is 8.28. The van der Waals surface area contributed by atoms with Gasteiger partial charge in [-0.15, -0.1) is 0 Å². The molecule has 0 spiro atoms. The molecule has 0 aliphatic rings. The Hall–Kier alpha value is -0.860. The number of carbonyl (C=O) groups is 2. The monoisotopic (exact) mass is 255 g/mol. The molecule has 0 aliphatic carbocycles. The van der Waals surface area contributed by atoms with Crippen molar-refractivity contribution in [1.29, 1.82) is 0 Å². The fourth-order valence-electron chi connectivity index (χ4n) is 1.69. The third-order valence-corrected chi connectivity index (χ3v) is 3.61. The standard InChI is InChI=1S/C15H29NO2/c1-12(15(3,4)5)9-7-6-8-10-14(18)11-16-13(2)17/h12H,6-11H2,1-5H3,(H,16,17). The second-order valence-corrected chi connectivity index (χ2v) is 6.31. The molecule has 1 atom stereocenters. The maximum Gasteiger partial charge on any atom is 0.217 e. The molecule has 0 heterocycles. The van der Waals surface area contributed by atoms with Crippen molar-refractivity contribution in [2.75, 3.05) is 6.54 Å². The maximum atomic E-state index is 11.4. The van der Waals surface area contributed by atoms with Gasteiger partial charge in [0, 0.05) is 13.3 Å². The van der Waals surface area contributed by atoms with Crippen LogP contribution in [0.3, 0.4) is 0 Å². The molecule has 0 radical (unpaired) electrons. The van der Waals surface area contributed by atoms with Crippen LogP contribution >= 0.6 is 0 Å². The first-order valence-corrected chi connectivity index (χ1v) is 6.99. The van der Waals surface area contributed by atoms with E-state index >= 15 is 0 Å². The lowest BCUT2D eigenvalue weighted by Gasteiger charge is -2.27. The van der Waals surface area contributed by atoms with Gasteiger partial charge in [0.2, 0.25) is 5.91 Å². The highest BCUT2D eigenvalue weighted by atomic mass is 16.2. The molecule has 0 rings (SSSR count). The van der Waals surface area contributed by atoms with Crippen LogP contribution in [0.4, 0.5) is 0 Å². The molecule has 3 heteroatoms. The molecular formula is C15H29NO2. The first kappa shape index (κ1) is 17.1.